The molecule has 1 aliphatic rings. The lowest BCUT2D eigenvalue weighted by molar-refractivity contribution is 0.149. The molecular weight excluding hydrogens is 350 g/mol. The number of anilines is 3. The molecule has 136 valence electrons. The molecule has 1 fully saturated rings. The molecule has 0 bridgehead atoms. The minimum atomic E-state index is 0.184. The summed E-state index contributed by atoms with van der Waals surface area (Å²) in [5, 5.41) is 3.90. The summed E-state index contributed by atoms with van der Waals surface area (Å²) in [5.74, 6) is 1.76. The van der Waals surface area contributed by atoms with Crippen LogP contribution in [0, 0.1) is 0 Å². The Balaban J connectivity index is 1.55. The molecule has 3 aromatic rings. The number of nitrogens with zero attached hydrogens (tertiary/aromatic N) is 3. The van der Waals surface area contributed by atoms with Gasteiger partial charge in [-0.3, -0.25) is 0 Å². The summed E-state index contributed by atoms with van der Waals surface area (Å²) in [5.41, 5.74) is 7.54. The number of ether oxygens (including phenoxy) is 2. The highest BCUT2D eigenvalue weighted by atomic mass is 32.1. The summed E-state index contributed by atoms with van der Waals surface area (Å²) in [6.45, 7) is 0. The molecule has 8 heteroatoms. The predicted molar refractivity (Wildman–Crippen MR) is 103 cm³/mol. The predicted octanol–water partition coefficient (Wildman–Crippen LogP) is 4.13. The maximum atomic E-state index is 6.23. The maximum Gasteiger partial charge on any atom is 0.242 e. The zero-order valence-corrected chi connectivity index (χ0v) is 15.4. The first kappa shape index (κ1) is 16.8. The molecular formula is C18H21N5O2S. The third-order valence-electron chi connectivity index (χ3n) is 4.50. The minimum Gasteiger partial charge on any atom is -0.497 e. The monoisotopic (exact) mass is 371 g/mol. The Kier molecular flexibility index (Phi) is 4.75. The van der Waals surface area contributed by atoms with Gasteiger partial charge in [-0.2, -0.15) is 4.98 Å². The molecule has 1 saturated carbocycles. The van der Waals surface area contributed by atoms with E-state index in [2.05, 4.69) is 20.3 Å². The van der Waals surface area contributed by atoms with Crippen LogP contribution < -0.4 is 20.5 Å². The van der Waals surface area contributed by atoms with Crippen LogP contribution >= 0.6 is 11.3 Å². The highest BCUT2D eigenvalue weighted by Crippen LogP contribution is 2.34. The molecule has 0 spiro atoms. The summed E-state index contributed by atoms with van der Waals surface area (Å²) in [7, 11) is 1.65. The first-order valence-electron chi connectivity index (χ1n) is 8.71. The van der Waals surface area contributed by atoms with Crippen molar-refractivity contribution in [3.05, 3.63) is 24.5 Å². The van der Waals surface area contributed by atoms with Crippen LogP contribution in [-0.2, 0) is 0 Å². The zero-order valence-electron chi connectivity index (χ0n) is 14.6. The van der Waals surface area contributed by atoms with Crippen LogP contribution in [0.4, 0.5) is 16.6 Å². The molecule has 1 aromatic carbocycles. The molecule has 7 nitrogen and oxygen atoms in total. The topological polar surface area (TPSA) is 95.2 Å². The van der Waals surface area contributed by atoms with Crippen molar-refractivity contribution in [3.63, 3.8) is 0 Å². The van der Waals surface area contributed by atoms with Gasteiger partial charge in [-0.1, -0.05) is 17.8 Å². The molecule has 0 atom stereocenters. The van der Waals surface area contributed by atoms with Crippen molar-refractivity contribution in [1.82, 2.24) is 15.0 Å². The van der Waals surface area contributed by atoms with Crippen molar-refractivity contribution in [2.45, 2.75) is 38.2 Å². The quantitative estimate of drug-likeness (QED) is 0.696. The fourth-order valence-corrected chi connectivity index (χ4v) is 3.99. The third-order valence-corrected chi connectivity index (χ3v) is 5.43. The summed E-state index contributed by atoms with van der Waals surface area (Å²) >= 11 is 1.51. The molecule has 0 radical (unpaired) electrons. The second-order valence-corrected chi connectivity index (χ2v) is 7.33. The van der Waals surface area contributed by atoms with Crippen molar-refractivity contribution in [2.24, 2.45) is 0 Å². The van der Waals surface area contributed by atoms with E-state index in [0.29, 0.717) is 22.5 Å². The molecule has 26 heavy (non-hydrogen) atoms. The van der Waals surface area contributed by atoms with E-state index in [1.165, 1.54) is 36.9 Å². The number of hydrogen-bond donors (Lipinski definition) is 2. The Labute approximate surface area is 155 Å². The van der Waals surface area contributed by atoms with Gasteiger partial charge in [-0.05, 0) is 43.9 Å². The highest BCUT2D eigenvalue weighted by molar-refractivity contribution is 7.22. The first-order valence-corrected chi connectivity index (χ1v) is 9.53. The van der Waals surface area contributed by atoms with Gasteiger partial charge in [0, 0.05) is 0 Å². The fourth-order valence-electron chi connectivity index (χ4n) is 3.10. The second kappa shape index (κ2) is 7.33. The lowest BCUT2D eigenvalue weighted by atomic mass is 9.98. The van der Waals surface area contributed by atoms with E-state index >= 15 is 0 Å². The lowest BCUT2D eigenvalue weighted by Crippen LogP contribution is -2.21. The molecule has 1 aliphatic carbocycles. The van der Waals surface area contributed by atoms with E-state index in [1.807, 2.05) is 18.2 Å². The van der Waals surface area contributed by atoms with Gasteiger partial charge in [0.2, 0.25) is 5.88 Å². The van der Waals surface area contributed by atoms with Crippen molar-refractivity contribution in [2.75, 3.05) is 18.2 Å². The molecule has 0 amide bonds. The SMILES string of the molecule is COc1ccc2nc(Nc3ncnc(OC4CCCCC4)c3N)sc2c1. The van der Waals surface area contributed by atoms with E-state index in [1.54, 1.807) is 7.11 Å². The largest absolute Gasteiger partial charge is 0.497 e. The van der Waals surface area contributed by atoms with Crippen molar-refractivity contribution < 1.29 is 9.47 Å². The number of nitrogens with two attached hydrogens (primary N) is 1. The third kappa shape index (κ3) is 3.50. The molecule has 2 aromatic heterocycles. The Bertz CT molecular complexity index is 908. The van der Waals surface area contributed by atoms with Crippen LogP contribution in [0.25, 0.3) is 10.2 Å². The number of rotatable bonds is 5. The van der Waals surface area contributed by atoms with Gasteiger partial charge in [0.1, 0.15) is 23.9 Å². The fraction of sp³-hybridized carbons (Fsp3) is 0.389. The highest BCUT2D eigenvalue weighted by Gasteiger charge is 2.19. The Hall–Kier alpha value is -2.61. The van der Waals surface area contributed by atoms with Gasteiger partial charge >= 0.3 is 0 Å². The van der Waals surface area contributed by atoms with Crippen LogP contribution in [0.2, 0.25) is 0 Å². The molecule has 0 aliphatic heterocycles. The molecule has 4 rings (SSSR count). The van der Waals surface area contributed by atoms with Gasteiger partial charge in [0.15, 0.2) is 10.9 Å². The molecule has 3 N–H and O–H groups in total. The van der Waals surface area contributed by atoms with E-state index in [4.69, 9.17) is 15.2 Å². The van der Waals surface area contributed by atoms with Crippen LogP contribution in [0.5, 0.6) is 11.6 Å². The molecule has 0 unspecified atom stereocenters. The van der Waals surface area contributed by atoms with Crippen LogP contribution in [0.15, 0.2) is 24.5 Å². The van der Waals surface area contributed by atoms with Crippen LogP contribution in [0.1, 0.15) is 32.1 Å². The number of methoxy groups -OCH3 is 1. The van der Waals surface area contributed by atoms with Gasteiger partial charge in [0.25, 0.3) is 0 Å². The standard InChI is InChI=1S/C18H21N5O2S/c1-24-12-7-8-13-14(9-12)26-18(22-13)23-16-15(19)17(21-10-20-16)25-11-5-3-2-4-6-11/h7-11H,2-6,19H2,1H3,(H,20,21,22,23). The number of nitrogen functional groups attached to an aromatic ring is 1. The van der Waals surface area contributed by atoms with Gasteiger partial charge < -0.3 is 20.5 Å². The van der Waals surface area contributed by atoms with E-state index in [9.17, 15) is 0 Å². The van der Waals surface area contributed by atoms with Crippen molar-refractivity contribution in [3.8, 4) is 11.6 Å². The zero-order chi connectivity index (χ0) is 17.9. The van der Waals surface area contributed by atoms with E-state index in [0.717, 1.165) is 28.8 Å². The Morgan fingerprint density at radius 2 is 2.04 bits per heavy atom. The van der Waals surface area contributed by atoms with E-state index in [-0.39, 0.29) is 6.10 Å². The summed E-state index contributed by atoms with van der Waals surface area (Å²) in [6.07, 6.45) is 7.40. The Morgan fingerprint density at radius 3 is 2.85 bits per heavy atom. The summed E-state index contributed by atoms with van der Waals surface area (Å²) in [4.78, 5) is 13.0. The van der Waals surface area contributed by atoms with E-state index < -0.39 is 0 Å². The molecule has 2 heterocycles. The summed E-state index contributed by atoms with van der Waals surface area (Å²) < 4.78 is 12.3. The van der Waals surface area contributed by atoms with Crippen molar-refractivity contribution in [1.29, 1.82) is 0 Å². The number of nitrogens with one attached hydrogen (secondary N) is 1. The van der Waals surface area contributed by atoms with Gasteiger partial charge in [0.05, 0.1) is 17.3 Å². The van der Waals surface area contributed by atoms with Gasteiger partial charge in [-0.25, -0.2) is 9.97 Å². The molecule has 0 saturated heterocycles. The summed E-state index contributed by atoms with van der Waals surface area (Å²) in [6, 6.07) is 5.77. The number of hydrogen-bond acceptors (Lipinski definition) is 8. The smallest absolute Gasteiger partial charge is 0.242 e. The average Bonchev–Trinajstić information content (AvgIpc) is 3.07. The normalized spacial score (nSPS) is 15.1. The maximum absolute atomic E-state index is 6.23. The van der Waals surface area contributed by atoms with Crippen LogP contribution in [0.3, 0.4) is 0 Å². The average molecular weight is 371 g/mol. The van der Waals surface area contributed by atoms with Gasteiger partial charge in [-0.15, -0.1) is 0 Å². The second-order valence-electron chi connectivity index (χ2n) is 6.30. The number of aromatic nitrogens is 3. The number of benzene rings is 1. The number of thiazole rings is 1. The Morgan fingerprint density at radius 1 is 1.19 bits per heavy atom. The van der Waals surface area contributed by atoms with Crippen molar-refractivity contribution >= 4 is 38.2 Å². The lowest BCUT2D eigenvalue weighted by Gasteiger charge is -2.23. The van der Waals surface area contributed by atoms with Crippen LogP contribution in [-0.4, -0.2) is 28.2 Å². The first-order chi connectivity index (χ1) is 12.7. The minimum absolute atomic E-state index is 0.184. The number of fused-ring (bicyclic) bond motifs is 1.